The van der Waals surface area contributed by atoms with E-state index in [1.54, 1.807) is 0 Å². The molecule has 36 heavy (non-hydrogen) atoms. The highest BCUT2D eigenvalue weighted by Crippen LogP contribution is 2.40. The molecule has 0 spiro atoms. The summed E-state index contributed by atoms with van der Waals surface area (Å²) in [5.74, 6) is 0.328. The maximum Gasteiger partial charge on any atom is 0.416 e. The Morgan fingerprint density at radius 2 is 1.69 bits per heavy atom. The Bertz CT molecular complexity index is 1070. The summed E-state index contributed by atoms with van der Waals surface area (Å²) in [7, 11) is 0. The fraction of sp³-hybridized carbons (Fsp3) is 0.615. The van der Waals surface area contributed by atoms with Gasteiger partial charge in [-0.05, 0) is 75.3 Å². The molecular weight excluding hydrogens is 471 g/mol. The molecule has 10 heteroatoms. The van der Waals surface area contributed by atoms with Crippen molar-refractivity contribution < 1.29 is 23.4 Å². The van der Waals surface area contributed by atoms with E-state index < -0.39 is 17.5 Å². The number of anilines is 1. The third kappa shape index (κ3) is 5.60. The fourth-order valence-corrected chi connectivity index (χ4v) is 5.72. The van der Waals surface area contributed by atoms with Crippen molar-refractivity contribution >= 4 is 5.82 Å². The molecule has 7 nitrogen and oxygen atoms in total. The number of nitrogens with one attached hydrogen (secondary N) is 1. The van der Waals surface area contributed by atoms with Gasteiger partial charge >= 0.3 is 6.18 Å². The summed E-state index contributed by atoms with van der Waals surface area (Å²) in [5.41, 5.74) is 1.89. The Hall–Kier alpha value is -2.43. The van der Waals surface area contributed by atoms with Gasteiger partial charge in [0.15, 0.2) is 5.82 Å². The van der Waals surface area contributed by atoms with Crippen LogP contribution in [0.4, 0.5) is 19.0 Å². The molecule has 3 heterocycles. The summed E-state index contributed by atoms with van der Waals surface area (Å²) in [6.07, 6.45) is 1.71. The van der Waals surface area contributed by atoms with Crippen LogP contribution >= 0.6 is 0 Å². The molecule has 1 aromatic heterocycles. The number of nitrogens with zero attached hydrogens (tertiary/aromatic N) is 4. The number of phenols is 1. The monoisotopic (exact) mass is 505 g/mol. The lowest BCUT2D eigenvalue weighted by atomic mass is 10.0. The highest BCUT2D eigenvalue weighted by molar-refractivity contribution is 5.73. The SMILES string of the molecule is Oc1cc(C(F)(F)F)ccc1-c1nnc(N[C@@H]2CCCN(CCN3CCC(O)CC3)C2)c2c1CCC2. The summed E-state index contributed by atoms with van der Waals surface area (Å²) in [6, 6.07) is 3.28. The van der Waals surface area contributed by atoms with Crippen molar-refractivity contribution in [3.05, 3.63) is 34.9 Å². The minimum Gasteiger partial charge on any atom is -0.507 e. The molecule has 196 valence electrons. The molecule has 2 aromatic rings. The summed E-state index contributed by atoms with van der Waals surface area (Å²) >= 11 is 0. The average molecular weight is 506 g/mol. The lowest BCUT2D eigenvalue weighted by Gasteiger charge is -2.36. The summed E-state index contributed by atoms with van der Waals surface area (Å²) in [6.45, 7) is 5.93. The van der Waals surface area contributed by atoms with Crippen molar-refractivity contribution in [1.29, 1.82) is 0 Å². The van der Waals surface area contributed by atoms with Crippen LogP contribution in [0.1, 0.15) is 48.8 Å². The number of hydrogen-bond acceptors (Lipinski definition) is 7. The third-order valence-electron chi connectivity index (χ3n) is 7.76. The Balaban J connectivity index is 1.26. The first kappa shape index (κ1) is 25.2. The van der Waals surface area contributed by atoms with Gasteiger partial charge < -0.3 is 25.3 Å². The van der Waals surface area contributed by atoms with Gasteiger partial charge in [0, 0.05) is 49.9 Å². The summed E-state index contributed by atoms with van der Waals surface area (Å²) in [5, 5.41) is 32.5. The maximum absolute atomic E-state index is 13.0. The number of halogens is 3. The zero-order valence-corrected chi connectivity index (χ0v) is 20.4. The third-order valence-corrected chi connectivity index (χ3v) is 7.76. The molecule has 2 aliphatic heterocycles. The molecule has 0 unspecified atom stereocenters. The van der Waals surface area contributed by atoms with E-state index in [0.717, 1.165) is 113 Å². The van der Waals surface area contributed by atoms with Crippen LogP contribution in [0.15, 0.2) is 18.2 Å². The van der Waals surface area contributed by atoms with Gasteiger partial charge in [-0.25, -0.2) is 0 Å². The number of fused-ring (bicyclic) bond motifs is 1. The molecule has 0 saturated carbocycles. The minimum atomic E-state index is -4.51. The first-order valence-electron chi connectivity index (χ1n) is 13.0. The van der Waals surface area contributed by atoms with Gasteiger partial charge in [-0.3, -0.25) is 0 Å². The number of aromatic hydroxyl groups is 1. The van der Waals surface area contributed by atoms with E-state index in [9.17, 15) is 23.4 Å². The smallest absolute Gasteiger partial charge is 0.416 e. The summed E-state index contributed by atoms with van der Waals surface area (Å²) in [4.78, 5) is 4.91. The van der Waals surface area contributed by atoms with Gasteiger partial charge in [0.2, 0.25) is 0 Å². The number of hydrogen-bond donors (Lipinski definition) is 3. The zero-order chi connectivity index (χ0) is 25.3. The van der Waals surface area contributed by atoms with E-state index >= 15 is 0 Å². The second-order valence-electron chi connectivity index (χ2n) is 10.3. The number of likely N-dealkylation sites (tertiary alicyclic amines) is 2. The van der Waals surface area contributed by atoms with Crippen LogP contribution < -0.4 is 5.32 Å². The van der Waals surface area contributed by atoms with Crippen molar-refractivity contribution in [3.8, 4) is 17.0 Å². The lowest BCUT2D eigenvalue weighted by Crippen LogP contribution is -2.46. The molecule has 3 aliphatic rings. The van der Waals surface area contributed by atoms with Crippen LogP contribution in [0.5, 0.6) is 5.75 Å². The van der Waals surface area contributed by atoms with Gasteiger partial charge in [-0.1, -0.05) is 0 Å². The number of phenolic OH excluding ortho intramolecular Hbond substituents is 1. The first-order valence-corrected chi connectivity index (χ1v) is 13.0. The lowest BCUT2D eigenvalue weighted by molar-refractivity contribution is -0.137. The van der Waals surface area contributed by atoms with E-state index in [1.807, 2.05) is 0 Å². The number of alkyl halides is 3. The van der Waals surface area contributed by atoms with Gasteiger partial charge in [0.1, 0.15) is 11.4 Å². The van der Waals surface area contributed by atoms with E-state index in [2.05, 4.69) is 25.3 Å². The van der Waals surface area contributed by atoms with Crippen LogP contribution in [-0.2, 0) is 19.0 Å². The number of aliphatic hydroxyl groups is 1. The normalized spacial score (nSPS) is 22.1. The van der Waals surface area contributed by atoms with Crippen molar-refractivity contribution in [2.24, 2.45) is 0 Å². The van der Waals surface area contributed by atoms with E-state index in [1.165, 1.54) is 6.07 Å². The highest BCUT2D eigenvalue weighted by atomic mass is 19.4. The molecule has 1 atom stereocenters. The Morgan fingerprint density at radius 1 is 0.944 bits per heavy atom. The largest absolute Gasteiger partial charge is 0.507 e. The molecule has 2 saturated heterocycles. The molecule has 0 bridgehead atoms. The van der Waals surface area contributed by atoms with Gasteiger partial charge in [-0.2, -0.15) is 13.2 Å². The topological polar surface area (TPSA) is 84.8 Å². The zero-order valence-electron chi connectivity index (χ0n) is 20.4. The standard InChI is InChI=1S/C26H34F3N5O2/c27-26(28,29)17-6-7-22(23(36)15-17)24-20-4-1-5-21(20)25(32-31-24)30-18-3-2-10-34(16-18)14-13-33-11-8-19(35)9-12-33/h6-7,15,18-19,35-36H,1-5,8-14,16H2,(H,30,32)/t18-/m1/s1. The van der Waals surface area contributed by atoms with E-state index in [-0.39, 0.29) is 17.7 Å². The van der Waals surface area contributed by atoms with E-state index in [0.29, 0.717) is 5.69 Å². The van der Waals surface area contributed by atoms with Crippen LogP contribution in [-0.4, -0.2) is 81.6 Å². The Labute approximate surface area is 209 Å². The number of aliphatic hydroxyl groups excluding tert-OH is 1. The molecule has 5 rings (SSSR count). The highest BCUT2D eigenvalue weighted by Gasteiger charge is 2.32. The molecular formula is C26H34F3N5O2. The maximum atomic E-state index is 13.0. The molecule has 2 fully saturated rings. The molecule has 0 radical (unpaired) electrons. The van der Waals surface area contributed by atoms with Crippen LogP contribution in [0.3, 0.4) is 0 Å². The predicted molar refractivity (Wildman–Crippen MR) is 131 cm³/mol. The first-order chi connectivity index (χ1) is 17.3. The van der Waals surface area contributed by atoms with E-state index in [4.69, 9.17) is 0 Å². The number of aromatic nitrogens is 2. The number of rotatable bonds is 6. The van der Waals surface area contributed by atoms with Gasteiger partial charge in [0.25, 0.3) is 0 Å². The quantitative estimate of drug-likeness (QED) is 0.552. The van der Waals surface area contributed by atoms with Crippen molar-refractivity contribution in [3.63, 3.8) is 0 Å². The van der Waals surface area contributed by atoms with Crippen LogP contribution in [0, 0.1) is 0 Å². The predicted octanol–water partition coefficient (Wildman–Crippen LogP) is 3.69. The second-order valence-corrected chi connectivity index (χ2v) is 10.3. The van der Waals surface area contributed by atoms with Gasteiger partial charge in [0.05, 0.1) is 11.7 Å². The van der Waals surface area contributed by atoms with Crippen molar-refractivity contribution in [2.45, 2.75) is 63.3 Å². The average Bonchev–Trinajstić information content (AvgIpc) is 3.35. The molecule has 1 aliphatic carbocycles. The van der Waals surface area contributed by atoms with Crippen LogP contribution in [0.25, 0.3) is 11.3 Å². The summed E-state index contributed by atoms with van der Waals surface area (Å²) < 4.78 is 39.1. The Kier molecular flexibility index (Phi) is 7.37. The fourth-order valence-electron chi connectivity index (χ4n) is 5.72. The Morgan fingerprint density at radius 3 is 2.44 bits per heavy atom. The number of piperidine rings is 2. The minimum absolute atomic E-state index is 0.151. The number of benzene rings is 1. The molecule has 3 N–H and O–H groups in total. The van der Waals surface area contributed by atoms with Crippen molar-refractivity contribution in [2.75, 3.05) is 44.6 Å². The second kappa shape index (κ2) is 10.5. The van der Waals surface area contributed by atoms with Gasteiger partial charge in [-0.15, -0.1) is 10.2 Å². The molecule has 1 aromatic carbocycles. The molecule has 0 amide bonds. The van der Waals surface area contributed by atoms with Crippen molar-refractivity contribution in [1.82, 2.24) is 20.0 Å². The van der Waals surface area contributed by atoms with Crippen LogP contribution in [0.2, 0.25) is 0 Å².